The molecular formula is C27H27ClN2O3. The van der Waals surface area contributed by atoms with E-state index in [0.29, 0.717) is 28.7 Å². The molecule has 1 N–H and O–H groups in total. The first-order valence-electron chi connectivity index (χ1n) is 10.9. The number of amides is 2. The molecule has 33 heavy (non-hydrogen) atoms. The third-order valence-corrected chi connectivity index (χ3v) is 6.04. The summed E-state index contributed by atoms with van der Waals surface area (Å²) in [7, 11) is 0. The zero-order valence-electron chi connectivity index (χ0n) is 19.0. The van der Waals surface area contributed by atoms with E-state index in [1.54, 1.807) is 29.2 Å². The highest BCUT2D eigenvalue weighted by Crippen LogP contribution is 2.32. The van der Waals surface area contributed by atoms with E-state index in [-0.39, 0.29) is 23.7 Å². The van der Waals surface area contributed by atoms with Crippen LogP contribution in [0.25, 0.3) is 0 Å². The zero-order chi connectivity index (χ0) is 23.6. The largest absolute Gasteiger partial charge is 0.457 e. The molecule has 170 valence electrons. The molecule has 0 spiro atoms. The maximum Gasteiger partial charge on any atom is 0.229 e. The van der Waals surface area contributed by atoms with Crippen LogP contribution < -0.4 is 15.0 Å². The van der Waals surface area contributed by atoms with Crippen molar-refractivity contribution in [3.63, 3.8) is 0 Å². The Balaban J connectivity index is 1.36. The van der Waals surface area contributed by atoms with Crippen LogP contribution in [0.4, 0.5) is 11.4 Å². The Labute approximate surface area is 199 Å². The average molecular weight is 463 g/mol. The van der Waals surface area contributed by atoms with Crippen LogP contribution in [0.1, 0.15) is 32.8 Å². The summed E-state index contributed by atoms with van der Waals surface area (Å²) < 4.78 is 5.92. The van der Waals surface area contributed by atoms with Gasteiger partial charge in [-0.1, -0.05) is 56.6 Å². The Kier molecular flexibility index (Phi) is 6.43. The number of hydrogen-bond acceptors (Lipinski definition) is 3. The first kappa shape index (κ1) is 22.9. The summed E-state index contributed by atoms with van der Waals surface area (Å²) in [5.74, 6) is 0.696. The first-order valence-corrected chi connectivity index (χ1v) is 11.3. The molecule has 1 heterocycles. The molecule has 0 aliphatic carbocycles. The van der Waals surface area contributed by atoms with Crippen molar-refractivity contribution in [2.45, 2.75) is 32.6 Å². The van der Waals surface area contributed by atoms with Gasteiger partial charge in [0.15, 0.2) is 0 Å². The fourth-order valence-electron chi connectivity index (χ4n) is 3.80. The second-order valence-electron chi connectivity index (χ2n) is 9.25. The normalized spacial score (nSPS) is 16.1. The topological polar surface area (TPSA) is 58.6 Å². The number of para-hydroxylation sites is 1. The number of anilines is 2. The van der Waals surface area contributed by atoms with Gasteiger partial charge in [0.25, 0.3) is 0 Å². The number of nitrogens with one attached hydrogen (secondary N) is 1. The van der Waals surface area contributed by atoms with Crippen molar-refractivity contribution in [1.82, 2.24) is 0 Å². The minimum atomic E-state index is -0.439. The predicted molar refractivity (Wildman–Crippen MR) is 132 cm³/mol. The van der Waals surface area contributed by atoms with Gasteiger partial charge in [0.2, 0.25) is 11.8 Å². The van der Waals surface area contributed by atoms with Crippen LogP contribution >= 0.6 is 11.6 Å². The van der Waals surface area contributed by atoms with Crippen molar-refractivity contribution in [1.29, 1.82) is 0 Å². The van der Waals surface area contributed by atoms with Crippen LogP contribution in [0.15, 0.2) is 72.8 Å². The zero-order valence-corrected chi connectivity index (χ0v) is 19.7. The number of rotatable bonds is 5. The minimum Gasteiger partial charge on any atom is -0.457 e. The molecular weight excluding hydrogens is 436 g/mol. The van der Waals surface area contributed by atoms with E-state index in [4.69, 9.17) is 16.3 Å². The average Bonchev–Trinajstić information content (AvgIpc) is 3.17. The lowest BCUT2D eigenvalue weighted by molar-refractivity contribution is -0.122. The van der Waals surface area contributed by atoms with Crippen LogP contribution in [0.2, 0.25) is 5.02 Å². The second kappa shape index (κ2) is 9.28. The van der Waals surface area contributed by atoms with Crippen LogP contribution in [-0.2, 0) is 15.0 Å². The third-order valence-electron chi connectivity index (χ3n) is 5.72. The molecule has 0 aromatic heterocycles. The minimum absolute atomic E-state index is 0.0900. The molecule has 3 aromatic carbocycles. The molecule has 0 saturated carbocycles. The third kappa shape index (κ3) is 5.37. The molecule has 2 amide bonds. The molecule has 5 nitrogen and oxygen atoms in total. The lowest BCUT2D eigenvalue weighted by Crippen LogP contribution is -2.28. The van der Waals surface area contributed by atoms with E-state index in [2.05, 4.69) is 38.2 Å². The van der Waals surface area contributed by atoms with Gasteiger partial charge in [-0.15, -0.1) is 0 Å². The Morgan fingerprint density at radius 1 is 0.970 bits per heavy atom. The van der Waals surface area contributed by atoms with Gasteiger partial charge in [0, 0.05) is 18.7 Å². The van der Waals surface area contributed by atoms with Gasteiger partial charge in [-0.3, -0.25) is 9.59 Å². The van der Waals surface area contributed by atoms with Gasteiger partial charge >= 0.3 is 0 Å². The van der Waals surface area contributed by atoms with Gasteiger partial charge in [0.05, 0.1) is 16.6 Å². The van der Waals surface area contributed by atoms with E-state index in [0.717, 1.165) is 5.75 Å². The van der Waals surface area contributed by atoms with Crippen molar-refractivity contribution in [2.75, 3.05) is 16.8 Å². The molecule has 1 atom stereocenters. The molecule has 3 aromatic rings. The fraction of sp³-hybridized carbons (Fsp3) is 0.259. The lowest BCUT2D eigenvalue weighted by Gasteiger charge is -2.19. The second-order valence-corrected chi connectivity index (χ2v) is 9.65. The van der Waals surface area contributed by atoms with Crippen LogP contribution in [0, 0.1) is 5.92 Å². The van der Waals surface area contributed by atoms with Crippen molar-refractivity contribution >= 4 is 34.8 Å². The molecule has 1 fully saturated rings. The molecule has 1 aliphatic rings. The van der Waals surface area contributed by atoms with E-state index in [1.165, 1.54) is 5.56 Å². The summed E-state index contributed by atoms with van der Waals surface area (Å²) in [6.07, 6.45) is 0.156. The Bertz CT molecular complexity index is 1150. The van der Waals surface area contributed by atoms with Crippen molar-refractivity contribution in [3.05, 3.63) is 83.4 Å². The van der Waals surface area contributed by atoms with Crippen LogP contribution in [0.5, 0.6) is 11.5 Å². The Morgan fingerprint density at radius 2 is 1.58 bits per heavy atom. The number of benzene rings is 3. The van der Waals surface area contributed by atoms with Gasteiger partial charge in [0.1, 0.15) is 11.5 Å². The molecule has 1 saturated heterocycles. The molecule has 0 radical (unpaired) electrons. The van der Waals surface area contributed by atoms with Gasteiger partial charge in [-0.05, 0) is 59.5 Å². The first-order chi connectivity index (χ1) is 15.7. The van der Waals surface area contributed by atoms with E-state index < -0.39 is 5.92 Å². The quantitative estimate of drug-likeness (QED) is 0.475. The maximum absolute atomic E-state index is 12.8. The summed E-state index contributed by atoms with van der Waals surface area (Å²) in [5, 5.41) is 3.40. The summed E-state index contributed by atoms with van der Waals surface area (Å²) >= 11 is 6.22. The summed E-state index contributed by atoms with van der Waals surface area (Å²) in [4.78, 5) is 26.8. The van der Waals surface area contributed by atoms with Gasteiger partial charge in [-0.25, -0.2) is 0 Å². The monoisotopic (exact) mass is 462 g/mol. The molecule has 6 heteroatoms. The number of carbonyl (C=O) groups excluding carboxylic acids is 2. The maximum atomic E-state index is 12.8. The summed E-state index contributed by atoms with van der Waals surface area (Å²) in [6.45, 7) is 6.82. The van der Waals surface area contributed by atoms with Crippen LogP contribution in [-0.4, -0.2) is 18.4 Å². The smallest absolute Gasteiger partial charge is 0.229 e. The fourth-order valence-corrected chi connectivity index (χ4v) is 4.03. The number of ether oxygens (including phenoxy) is 1. The van der Waals surface area contributed by atoms with Crippen molar-refractivity contribution < 1.29 is 14.3 Å². The molecule has 4 rings (SSSR count). The predicted octanol–water partition coefficient (Wildman–Crippen LogP) is 6.42. The number of hydrogen-bond donors (Lipinski definition) is 1. The highest BCUT2D eigenvalue weighted by molar-refractivity contribution is 6.33. The van der Waals surface area contributed by atoms with Gasteiger partial charge in [-0.2, -0.15) is 0 Å². The van der Waals surface area contributed by atoms with E-state index in [1.807, 2.05) is 36.4 Å². The molecule has 1 aliphatic heterocycles. The standard InChI is InChI=1S/C27H27ClN2O3/c1-27(2,3)19-8-12-21(13-9-19)33-22-14-10-20(11-15-22)29-26(32)18-16-25(31)30(17-18)24-7-5-4-6-23(24)28/h4-15,18H,16-17H2,1-3H3,(H,29,32)/t18-/m0/s1. The summed E-state index contributed by atoms with van der Waals surface area (Å²) in [6, 6.07) is 22.4. The highest BCUT2D eigenvalue weighted by atomic mass is 35.5. The number of carbonyl (C=O) groups is 2. The van der Waals surface area contributed by atoms with E-state index in [9.17, 15) is 9.59 Å². The molecule has 0 bridgehead atoms. The van der Waals surface area contributed by atoms with Crippen LogP contribution in [0.3, 0.4) is 0 Å². The van der Waals surface area contributed by atoms with E-state index >= 15 is 0 Å². The molecule has 0 unspecified atom stereocenters. The Hall–Kier alpha value is -3.31. The SMILES string of the molecule is CC(C)(C)c1ccc(Oc2ccc(NC(=O)[C@H]3CC(=O)N(c4ccccc4Cl)C3)cc2)cc1. The lowest BCUT2D eigenvalue weighted by atomic mass is 9.87. The highest BCUT2D eigenvalue weighted by Gasteiger charge is 2.35. The number of halogens is 1. The number of nitrogens with zero attached hydrogens (tertiary/aromatic N) is 1. The Morgan fingerprint density at radius 3 is 2.18 bits per heavy atom. The van der Waals surface area contributed by atoms with Crippen molar-refractivity contribution in [2.24, 2.45) is 5.92 Å². The van der Waals surface area contributed by atoms with Crippen molar-refractivity contribution in [3.8, 4) is 11.5 Å². The summed E-state index contributed by atoms with van der Waals surface area (Å²) in [5.41, 5.74) is 2.62. The van der Waals surface area contributed by atoms with Gasteiger partial charge < -0.3 is 15.0 Å².